The zero-order chi connectivity index (χ0) is 20.7. The number of anilines is 1. The molecule has 1 aromatic carbocycles. The van der Waals surface area contributed by atoms with Crippen molar-refractivity contribution < 1.29 is 13.2 Å². The summed E-state index contributed by atoms with van der Waals surface area (Å²) in [4.78, 5) is 18.3. The fourth-order valence-corrected chi connectivity index (χ4v) is 4.76. The molecule has 0 radical (unpaired) electrons. The molecule has 1 aromatic heterocycles. The number of nitrogens with zero attached hydrogens (tertiary/aromatic N) is 3. The van der Waals surface area contributed by atoms with Crippen LogP contribution in [0.15, 0.2) is 59.2 Å². The Hall–Kier alpha value is -2.23. The monoisotopic (exact) mass is 478 g/mol. The Morgan fingerprint density at radius 1 is 1.14 bits per heavy atom. The van der Waals surface area contributed by atoms with E-state index >= 15 is 0 Å². The number of nitrogens with one attached hydrogen (secondary N) is 1. The molecular formula is C20H23BrN4O3S. The normalized spacial score (nSPS) is 15.6. The number of hydrogen-bond acceptors (Lipinski definition) is 5. The number of carbonyl (C=O) groups is 1. The highest BCUT2D eigenvalue weighted by Gasteiger charge is 2.27. The minimum absolute atomic E-state index is 0.0739. The fraction of sp³-hybridized carbons (Fsp3) is 0.300. The van der Waals surface area contributed by atoms with Gasteiger partial charge in [0.25, 0.3) is 0 Å². The number of rotatable bonds is 7. The standard InChI is InChI=1S/C20H23BrN4O3S/c21-18-5-3-4-17(16-18)7-8-20(26)23-10-15-29(27,28)25-13-11-24(12-14-25)19-6-1-2-9-22-19/h1-9,16H,10-15H2,(H,23,26)/b8-7+. The van der Waals surface area contributed by atoms with Gasteiger partial charge in [0.2, 0.25) is 15.9 Å². The first-order valence-corrected chi connectivity index (χ1v) is 11.7. The van der Waals surface area contributed by atoms with E-state index in [-0.39, 0.29) is 18.2 Å². The molecule has 0 bridgehead atoms. The molecule has 1 amide bonds. The largest absolute Gasteiger partial charge is 0.354 e. The van der Waals surface area contributed by atoms with Crippen LogP contribution in [0.5, 0.6) is 0 Å². The maximum atomic E-state index is 12.5. The van der Waals surface area contributed by atoms with Crippen LogP contribution >= 0.6 is 15.9 Å². The molecule has 1 fully saturated rings. The molecule has 7 nitrogen and oxygen atoms in total. The van der Waals surface area contributed by atoms with Gasteiger partial charge in [-0.05, 0) is 35.9 Å². The number of sulfonamides is 1. The van der Waals surface area contributed by atoms with E-state index in [1.165, 1.54) is 10.4 Å². The van der Waals surface area contributed by atoms with Gasteiger partial charge in [-0.1, -0.05) is 34.1 Å². The highest BCUT2D eigenvalue weighted by molar-refractivity contribution is 9.10. The second kappa shape index (κ2) is 10.00. The third-order valence-electron chi connectivity index (χ3n) is 4.54. The van der Waals surface area contributed by atoms with Crippen molar-refractivity contribution >= 4 is 43.8 Å². The third kappa shape index (κ3) is 6.38. The van der Waals surface area contributed by atoms with Crippen molar-refractivity contribution in [1.29, 1.82) is 0 Å². The number of hydrogen-bond donors (Lipinski definition) is 1. The predicted octanol–water partition coefficient (Wildman–Crippen LogP) is 2.13. The Bertz CT molecular complexity index is 959. The van der Waals surface area contributed by atoms with Crippen molar-refractivity contribution in [3.8, 4) is 0 Å². The van der Waals surface area contributed by atoms with Gasteiger partial charge in [0.1, 0.15) is 5.82 Å². The Morgan fingerprint density at radius 2 is 1.93 bits per heavy atom. The van der Waals surface area contributed by atoms with Crippen molar-refractivity contribution in [2.75, 3.05) is 43.4 Å². The molecular weight excluding hydrogens is 456 g/mol. The average Bonchev–Trinajstić information content (AvgIpc) is 2.73. The SMILES string of the molecule is O=C(/C=C/c1cccc(Br)c1)NCCS(=O)(=O)N1CCN(c2ccccn2)CC1. The van der Waals surface area contributed by atoms with Crippen LogP contribution < -0.4 is 10.2 Å². The molecule has 0 atom stereocenters. The lowest BCUT2D eigenvalue weighted by Gasteiger charge is -2.34. The summed E-state index contributed by atoms with van der Waals surface area (Å²) in [6.07, 6.45) is 4.82. The van der Waals surface area contributed by atoms with Gasteiger partial charge in [-0.25, -0.2) is 13.4 Å². The van der Waals surface area contributed by atoms with Gasteiger partial charge >= 0.3 is 0 Å². The van der Waals surface area contributed by atoms with Crippen molar-refractivity contribution in [3.05, 3.63) is 64.8 Å². The lowest BCUT2D eigenvalue weighted by molar-refractivity contribution is -0.116. The molecule has 154 valence electrons. The summed E-state index contributed by atoms with van der Waals surface area (Å²) in [5.41, 5.74) is 0.882. The summed E-state index contributed by atoms with van der Waals surface area (Å²) in [6.45, 7) is 2.09. The lowest BCUT2D eigenvalue weighted by Crippen LogP contribution is -2.50. The molecule has 0 saturated carbocycles. The van der Waals surface area contributed by atoms with E-state index < -0.39 is 10.0 Å². The molecule has 3 rings (SSSR count). The highest BCUT2D eigenvalue weighted by Crippen LogP contribution is 2.15. The van der Waals surface area contributed by atoms with Gasteiger partial charge in [0.15, 0.2) is 0 Å². The van der Waals surface area contributed by atoms with E-state index in [1.807, 2.05) is 42.5 Å². The number of carbonyl (C=O) groups excluding carboxylic acids is 1. The van der Waals surface area contributed by atoms with Crippen LogP contribution in [0, 0.1) is 0 Å². The van der Waals surface area contributed by atoms with Gasteiger partial charge < -0.3 is 10.2 Å². The van der Waals surface area contributed by atoms with Crippen LogP contribution in [-0.4, -0.2) is 62.1 Å². The van der Waals surface area contributed by atoms with E-state index in [4.69, 9.17) is 0 Å². The Balaban J connectivity index is 1.43. The maximum Gasteiger partial charge on any atom is 0.244 e. The first kappa shape index (κ1) is 21.5. The third-order valence-corrected chi connectivity index (χ3v) is 6.91. The van der Waals surface area contributed by atoms with Gasteiger partial charge in [-0.15, -0.1) is 0 Å². The predicted molar refractivity (Wildman–Crippen MR) is 118 cm³/mol. The number of benzene rings is 1. The van der Waals surface area contributed by atoms with E-state index in [0.717, 1.165) is 15.9 Å². The van der Waals surface area contributed by atoms with Crippen LogP contribution in [0.25, 0.3) is 6.08 Å². The molecule has 1 saturated heterocycles. The molecule has 9 heteroatoms. The molecule has 2 heterocycles. The average molecular weight is 479 g/mol. The maximum absolute atomic E-state index is 12.5. The minimum atomic E-state index is -3.42. The van der Waals surface area contributed by atoms with E-state index in [1.54, 1.807) is 12.3 Å². The molecule has 0 aliphatic carbocycles. The van der Waals surface area contributed by atoms with E-state index in [2.05, 4.69) is 31.1 Å². The number of piperazine rings is 1. The molecule has 0 unspecified atom stereocenters. The second-order valence-electron chi connectivity index (χ2n) is 6.57. The first-order chi connectivity index (χ1) is 13.9. The second-order valence-corrected chi connectivity index (χ2v) is 9.57. The van der Waals surface area contributed by atoms with Gasteiger partial charge in [0, 0.05) is 49.5 Å². The van der Waals surface area contributed by atoms with Gasteiger partial charge in [0.05, 0.1) is 5.75 Å². The number of amides is 1. The lowest BCUT2D eigenvalue weighted by atomic mass is 10.2. The summed E-state index contributed by atoms with van der Waals surface area (Å²) in [5.74, 6) is 0.418. The molecule has 2 aromatic rings. The highest BCUT2D eigenvalue weighted by atomic mass is 79.9. The quantitative estimate of drug-likeness (QED) is 0.616. The van der Waals surface area contributed by atoms with Crippen molar-refractivity contribution in [1.82, 2.24) is 14.6 Å². The Morgan fingerprint density at radius 3 is 2.62 bits per heavy atom. The summed E-state index contributed by atoms with van der Waals surface area (Å²) in [6, 6.07) is 13.2. The molecule has 1 aliphatic heterocycles. The number of aromatic nitrogens is 1. The van der Waals surface area contributed by atoms with Gasteiger partial charge in [-0.2, -0.15) is 4.31 Å². The Kier molecular flexibility index (Phi) is 7.40. The van der Waals surface area contributed by atoms with Crippen LogP contribution in [0.1, 0.15) is 5.56 Å². The number of pyridine rings is 1. The van der Waals surface area contributed by atoms with E-state index in [0.29, 0.717) is 26.2 Å². The van der Waals surface area contributed by atoms with Crippen LogP contribution in [0.4, 0.5) is 5.82 Å². The molecule has 29 heavy (non-hydrogen) atoms. The summed E-state index contributed by atoms with van der Waals surface area (Å²) < 4.78 is 27.5. The zero-order valence-electron chi connectivity index (χ0n) is 15.9. The smallest absolute Gasteiger partial charge is 0.244 e. The molecule has 1 aliphatic rings. The number of halogens is 1. The summed E-state index contributed by atoms with van der Waals surface area (Å²) in [5, 5.41) is 2.63. The topological polar surface area (TPSA) is 82.6 Å². The van der Waals surface area contributed by atoms with Crippen LogP contribution in [-0.2, 0) is 14.8 Å². The first-order valence-electron chi connectivity index (χ1n) is 9.29. The van der Waals surface area contributed by atoms with Crippen LogP contribution in [0.2, 0.25) is 0 Å². The van der Waals surface area contributed by atoms with Crippen molar-refractivity contribution in [2.24, 2.45) is 0 Å². The van der Waals surface area contributed by atoms with Crippen LogP contribution in [0.3, 0.4) is 0 Å². The zero-order valence-corrected chi connectivity index (χ0v) is 18.3. The molecule has 1 N–H and O–H groups in total. The Labute approximate surface area is 179 Å². The fourth-order valence-electron chi connectivity index (χ4n) is 3.01. The minimum Gasteiger partial charge on any atom is -0.354 e. The van der Waals surface area contributed by atoms with Crippen molar-refractivity contribution in [2.45, 2.75) is 0 Å². The van der Waals surface area contributed by atoms with Crippen molar-refractivity contribution in [3.63, 3.8) is 0 Å². The summed E-state index contributed by atoms with van der Waals surface area (Å²) in [7, 11) is -3.42. The summed E-state index contributed by atoms with van der Waals surface area (Å²) >= 11 is 3.38. The van der Waals surface area contributed by atoms with Gasteiger partial charge in [-0.3, -0.25) is 4.79 Å². The molecule has 0 spiro atoms. The van der Waals surface area contributed by atoms with E-state index in [9.17, 15) is 13.2 Å².